The van der Waals surface area contributed by atoms with Gasteiger partial charge in [-0.15, -0.1) is 0 Å². The van der Waals surface area contributed by atoms with Crippen LogP contribution in [0.25, 0.3) is 0 Å². The van der Waals surface area contributed by atoms with Gasteiger partial charge >= 0.3 is 0 Å². The van der Waals surface area contributed by atoms with Gasteiger partial charge in [0.05, 0.1) is 11.6 Å². The van der Waals surface area contributed by atoms with Crippen LogP contribution in [0.3, 0.4) is 0 Å². The van der Waals surface area contributed by atoms with Gasteiger partial charge < -0.3 is 31.5 Å². The Morgan fingerprint density at radius 1 is 1.25 bits per heavy atom. The fraction of sp³-hybridized carbons (Fsp3) is 0.500. The van der Waals surface area contributed by atoms with E-state index in [1.54, 1.807) is 13.0 Å². The topological polar surface area (TPSA) is 173 Å². The van der Waals surface area contributed by atoms with E-state index >= 15 is 0 Å². The molecule has 1 aromatic carbocycles. The number of aliphatic hydroxyl groups is 3. The Morgan fingerprint density at radius 3 is 2.58 bits per heavy atom. The number of carbonyl (C=O) groups is 3. The first-order valence-corrected chi connectivity index (χ1v) is 12.3. The number of carbonyl (C=O) groups excluding carboxylic acids is 3. The van der Waals surface area contributed by atoms with Crippen LogP contribution in [0.5, 0.6) is 5.75 Å². The van der Waals surface area contributed by atoms with E-state index in [2.05, 4.69) is 10.2 Å². The Bertz CT molecular complexity index is 1250. The molecule has 4 aliphatic rings. The molecule has 1 saturated heterocycles. The highest BCUT2D eigenvalue weighted by Crippen LogP contribution is 2.51. The van der Waals surface area contributed by atoms with E-state index in [-0.39, 0.29) is 29.3 Å². The van der Waals surface area contributed by atoms with Crippen molar-refractivity contribution in [3.63, 3.8) is 0 Å². The van der Waals surface area contributed by atoms with Gasteiger partial charge in [-0.1, -0.05) is 13.0 Å². The minimum absolute atomic E-state index is 0.0410. The Morgan fingerprint density at radius 2 is 1.97 bits per heavy atom. The average molecular weight is 498 g/mol. The van der Waals surface area contributed by atoms with Crippen molar-refractivity contribution in [1.82, 2.24) is 10.2 Å². The summed E-state index contributed by atoms with van der Waals surface area (Å²) in [4.78, 5) is 41.1. The van der Waals surface area contributed by atoms with Gasteiger partial charge in [0, 0.05) is 17.5 Å². The zero-order chi connectivity index (χ0) is 26.1. The van der Waals surface area contributed by atoms with E-state index in [4.69, 9.17) is 5.73 Å². The van der Waals surface area contributed by atoms with Gasteiger partial charge in [-0.25, -0.2) is 0 Å². The zero-order valence-corrected chi connectivity index (χ0v) is 20.2. The summed E-state index contributed by atoms with van der Waals surface area (Å²) < 4.78 is 0. The molecule has 192 valence electrons. The number of ketones is 2. The molecular weight excluding hydrogens is 466 g/mol. The van der Waals surface area contributed by atoms with Crippen LogP contribution in [0.1, 0.15) is 53.7 Å². The zero-order valence-electron chi connectivity index (χ0n) is 20.2. The summed E-state index contributed by atoms with van der Waals surface area (Å²) in [5, 5.41) is 47.4. The minimum atomic E-state index is -2.62. The van der Waals surface area contributed by atoms with Crippen molar-refractivity contribution < 1.29 is 34.8 Å². The molecule has 1 fully saturated rings. The van der Waals surface area contributed by atoms with E-state index < -0.39 is 58.0 Å². The molecule has 1 amide bonds. The number of rotatable bonds is 4. The molecule has 1 unspecified atom stereocenters. The highest BCUT2D eigenvalue weighted by molar-refractivity contribution is 6.24. The maximum absolute atomic E-state index is 13.6. The summed E-state index contributed by atoms with van der Waals surface area (Å²) in [5.74, 6) is -6.40. The number of phenols is 1. The summed E-state index contributed by atoms with van der Waals surface area (Å²) >= 11 is 0. The number of primary amides is 1. The quantitative estimate of drug-likeness (QED) is 0.331. The van der Waals surface area contributed by atoms with Gasteiger partial charge in [-0.05, 0) is 68.9 Å². The molecule has 0 bridgehead atoms. The monoisotopic (exact) mass is 497 g/mol. The van der Waals surface area contributed by atoms with E-state index in [9.17, 15) is 34.8 Å². The fourth-order valence-electron chi connectivity index (χ4n) is 6.71. The molecular formula is C26H31N3O7. The molecule has 1 heterocycles. The average Bonchev–Trinajstić information content (AvgIpc) is 3.24. The number of hydrogen-bond acceptors (Lipinski definition) is 9. The Balaban J connectivity index is 1.64. The van der Waals surface area contributed by atoms with Gasteiger partial charge in [-0.2, -0.15) is 0 Å². The highest BCUT2D eigenvalue weighted by atomic mass is 16.3. The molecule has 0 radical (unpaired) electrons. The molecule has 7 N–H and O–H groups in total. The number of aromatic hydroxyl groups is 1. The van der Waals surface area contributed by atoms with Crippen molar-refractivity contribution in [1.29, 1.82) is 0 Å². The van der Waals surface area contributed by atoms with Gasteiger partial charge in [0.2, 0.25) is 5.78 Å². The molecule has 1 aliphatic heterocycles. The van der Waals surface area contributed by atoms with Crippen LogP contribution in [0.2, 0.25) is 0 Å². The standard InChI is InChI=1S/C26H31N3O7/c1-3-28-20-14-9-13-8-12-7-11(15-5-4-6-29(15)2)10-16(30)17(12)21(31)18(13)23(33)26(14,36)24(34)19(22(20)32)25(27)35/h7,10,13-15,20,28,30,32-33,36H,3-6,8-9H2,1-2H3,(H2,27,35)/t13-,14-,15?,20-,26-/m0/s1. The first-order chi connectivity index (χ1) is 17.0. The normalized spacial score (nSPS) is 32.4. The van der Waals surface area contributed by atoms with Gasteiger partial charge in [-0.3, -0.25) is 19.3 Å². The van der Waals surface area contributed by atoms with Crippen LogP contribution in [0, 0.1) is 11.8 Å². The first kappa shape index (κ1) is 24.5. The molecule has 10 heteroatoms. The number of phenolic OH excluding ortho intramolecular Hbond substituents is 1. The van der Waals surface area contributed by atoms with Crippen LogP contribution in [-0.2, 0) is 16.0 Å². The van der Waals surface area contributed by atoms with Crippen molar-refractivity contribution in [3.8, 4) is 5.75 Å². The number of fused-ring (bicyclic) bond motifs is 3. The van der Waals surface area contributed by atoms with Crippen molar-refractivity contribution in [2.45, 2.75) is 50.3 Å². The third-order valence-corrected chi connectivity index (χ3v) is 8.36. The number of Topliss-reactive ketones (excluding diaryl/α,β-unsaturated/α-hetero) is 2. The van der Waals surface area contributed by atoms with Crippen LogP contribution in [0.4, 0.5) is 0 Å². The minimum Gasteiger partial charge on any atom is -0.510 e. The summed E-state index contributed by atoms with van der Waals surface area (Å²) in [6.45, 7) is 3.02. The lowest BCUT2D eigenvalue weighted by Gasteiger charge is -2.48. The molecule has 10 nitrogen and oxygen atoms in total. The predicted octanol–water partition coefficient (Wildman–Crippen LogP) is 0.935. The molecule has 1 aromatic rings. The predicted molar refractivity (Wildman–Crippen MR) is 128 cm³/mol. The fourth-order valence-corrected chi connectivity index (χ4v) is 6.71. The molecule has 3 aliphatic carbocycles. The lowest BCUT2D eigenvalue weighted by molar-refractivity contribution is -0.146. The molecule has 5 rings (SSSR count). The number of aliphatic hydroxyl groups excluding tert-OH is 2. The smallest absolute Gasteiger partial charge is 0.255 e. The molecule has 0 saturated carbocycles. The van der Waals surface area contributed by atoms with Crippen molar-refractivity contribution in [2.75, 3.05) is 20.1 Å². The van der Waals surface area contributed by atoms with Crippen molar-refractivity contribution in [3.05, 3.63) is 51.5 Å². The van der Waals surface area contributed by atoms with Crippen LogP contribution >= 0.6 is 0 Å². The molecule has 5 atom stereocenters. The second-order valence-electron chi connectivity index (χ2n) is 10.3. The van der Waals surface area contributed by atoms with Crippen LogP contribution in [0.15, 0.2) is 34.8 Å². The van der Waals surface area contributed by atoms with Crippen molar-refractivity contribution >= 4 is 17.5 Å². The number of likely N-dealkylation sites (N-methyl/N-ethyl adjacent to an activating group) is 1. The molecule has 0 spiro atoms. The number of nitrogens with zero attached hydrogens (tertiary/aromatic N) is 1. The van der Waals surface area contributed by atoms with Gasteiger partial charge in [0.1, 0.15) is 22.8 Å². The maximum Gasteiger partial charge on any atom is 0.255 e. The number of nitrogens with two attached hydrogens (primary N) is 1. The lowest BCUT2D eigenvalue weighted by Crippen LogP contribution is -2.64. The number of amides is 1. The third kappa shape index (κ3) is 3.24. The lowest BCUT2D eigenvalue weighted by atomic mass is 9.58. The highest BCUT2D eigenvalue weighted by Gasteiger charge is 2.62. The maximum atomic E-state index is 13.6. The largest absolute Gasteiger partial charge is 0.510 e. The van der Waals surface area contributed by atoms with E-state index in [0.717, 1.165) is 24.9 Å². The van der Waals surface area contributed by atoms with Crippen LogP contribution < -0.4 is 11.1 Å². The number of hydrogen-bond donors (Lipinski definition) is 6. The van der Waals surface area contributed by atoms with E-state index in [1.165, 1.54) is 0 Å². The van der Waals surface area contributed by atoms with Crippen LogP contribution in [-0.4, -0.2) is 74.6 Å². The van der Waals surface area contributed by atoms with Crippen molar-refractivity contribution in [2.24, 2.45) is 17.6 Å². The Kier molecular flexibility index (Phi) is 5.73. The van der Waals surface area contributed by atoms with Gasteiger partial charge in [0.25, 0.3) is 5.91 Å². The number of nitrogens with one attached hydrogen (secondary N) is 1. The summed E-state index contributed by atoms with van der Waals surface area (Å²) in [5.41, 5.74) is 3.34. The van der Waals surface area contributed by atoms with E-state index in [1.807, 2.05) is 13.1 Å². The number of benzene rings is 1. The number of allylic oxidation sites excluding steroid dienone is 1. The second-order valence-corrected chi connectivity index (χ2v) is 10.3. The SMILES string of the molecule is CCN[C@@H]1C(O)=C(C(N)=O)C(=O)[C@@]2(O)C(O)=C3C(=O)c4c(O)cc(C5CCCN5C)cc4C[C@H]3C[C@@H]12. The van der Waals surface area contributed by atoms with E-state index in [0.29, 0.717) is 18.5 Å². The third-order valence-electron chi connectivity index (χ3n) is 8.36. The summed E-state index contributed by atoms with van der Waals surface area (Å²) in [6.07, 6.45) is 2.35. The second kappa shape index (κ2) is 8.43. The Labute approximate surface area is 208 Å². The molecule has 0 aromatic heterocycles. The summed E-state index contributed by atoms with van der Waals surface area (Å²) in [6, 6.07) is 2.58. The number of likely N-dealkylation sites (tertiary alicyclic amines) is 1. The first-order valence-electron chi connectivity index (χ1n) is 12.3. The Hall–Kier alpha value is -3.21. The van der Waals surface area contributed by atoms with Gasteiger partial charge in [0.15, 0.2) is 11.4 Å². The molecule has 36 heavy (non-hydrogen) atoms. The summed E-state index contributed by atoms with van der Waals surface area (Å²) in [7, 11) is 2.02.